The molecule has 0 fully saturated rings. The van der Waals surface area contributed by atoms with Crippen LogP contribution in [0.3, 0.4) is 0 Å². The number of fused-ring (bicyclic) bond motifs is 1. The molecule has 0 spiro atoms. The van der Waals surface area contributed by atoms with Gasteiger partial charge < -0.3 is 16.0 Å². The second kappa shape index (κ2) is 8.06. The summed E-state index contributed by atoms with van der Waals surface area (Å²) in [5, 5.41) is 13.4. The van der Waals surface area contributed by atoms with Gasteiger partial charge in [0, 0.05) is 37.6 Å². The summed E-state index contributed by atoms with van der Waals surface area (Å²) in [6, 6.07) is 5.41. The van der Waals surface area contributed by atoms with Crippen molar-refractivity contribution < 1.29 is 4.79 Å². The lowest BCUT2D eigenvalue weighted by Gasteiger charge is -2.10. The van der Waals surface area contributed by atoms with Gasteiger partial charge in [-0.25, -0.2) is 9.97 Å². The molecule has 0 saturated heterocycles. The Morgan fingerprint density at radius 2 is 2.12 bits per heavy atom. The molecule has 9 heteroatoms. The number of carbonyl (C=O) groups is 1. The highest BCUT2D eigenvalue weighted by Crippen LogP contribution is 2.10. The number of carbonyl (C=O) groups excluding carboxylic acids is 1. The van der Waals surface area contributed by atoms with Crippen LogP contribution in [0.1, 0.15) is 16.1 Å². The van der Waals surface area contributed by atoms with Crippen LogP contribution in [-0.4, -0.2) is 50.1 Å². The fourth-order valence-corrected chi connectivity index (χ4v) is 2.34. The van der Waals surface area contributed by atoms with Crippen LogP contribution in [-0.2, 0) is 0 Å². The van der Waals surface area contributed by atoms with Gasteiger partial charge in [-0.3, -0.25) is 4.79 Å². The summed E-state index contributed by atoms with van der Waals surface area (Å²) in [7, 11) is 0. The Balaban J connectivity index is 1.51. The molecule has 0 radical (unpaired) electrons. The molecule has 0 unspecified atom stereocenters. The van der Waals surface area contributed by atoms with Crippen LogP contribution < -0.4 is 16.0 Å². The zero-order valence-electron chi connectivity index (χ0n) is 14.4. The molecule has 0 aliphatic heterocycles. The first-order valence-electron chi connectivity index (χ1n) is 8.17. The van der Waals surface area contributed by atoms with Crippen LogP contribution in [0.15, 0.2) is 43.4 Å². The van der Waals surface area contributed by atoms with E-state index in [1.54, 1.807) is 28.9 Å². The van der Waals surface area contributed by atoms with E-state index >= 15 is 0 Å². The average molecular weight is 352 g/mol. The second-order valence-electron chi connectivity index (χ2n) is 5.54. The van der Waals surface area contributed by atoms with Crippen molar-refractivity contribution in [2.24, 2.45) is 0 Å². The second-order valence-corrected chi connectivity index (χ2v) is 5.54. The van der Waals surface area contributed by atoms with Gasteiger partial charge in [-0.15, -0.1) is 6.58 Å². The van der Waals surface area contributed by atoms with Gasteiger partial charge in [0.25, 0.3) is 11.7 Å². The molecular formula is C17H20N8O. The molecule has 3 aromatic heterocycles. The van der Waals surface area contributed by atoms with Crippen LogP contribution in [0.25, 0.3) is 5.78 Å². The summed E-state index contributed by atoms with van der Waals surface area (Å²) in [6.45, 7) is 7.20. The van der Waals surface area contributed by atoms with Gasteiger partial charge in [0.2, 0.25) is 0 Å². The summed E-state index contributed by atoms with van der Waals surface area (Å²) in [4.78, 5) is 24.4. The molecule has 134 valence electrons. The van der Waals surface area contributed by atoms with Gasteiger partial charge in [0.15, 0.2) is 0 Å². The molecule has 3 heterocycles. The average Bonchev–Trinajstić information content (AvgIpc) is 3.12. The summed E-state index contributed by atoms with van der Waals surface area (Å²) in [5.41, 5.74) is 1.38. The Morgan fingerprint density at radius 1 is 1.27 bits per heavy atom. The van der Waals surface area contributed by atoms with Crippen LogP contribution in [0.5, 0.6) is 0 Å². The van der Waals surface area contributed by atoms with E-state index in [2.05, 4.69) is 42.6 Å². The maximum Gasteiger partial charge on any atom is 0.254 e. The van der Waals surface area contributed by atoms with E-state index in [1.807, 2.05) is 13.0 Å². The third-order valence-corrected chi connectivity index (χ3v) is 3.55. The van der Waals surface area contributed by atoms with Crippen molar-refractivity contribution >= 4 is 23.3 Å². The van der Waals surface area contributed by atoms with Gasteiger partial charge in [-0.2, -0.15) is 14.6 Å². The zero-order chi connectivity index (χ0) is 18.4. The molecule has 3 aromatic rings. The lowest BCUT2D eigenvalue weighted by Crippen LogP contribution is -2.23. The van der Waals surface area contributed by atoms with E-state index in [4.69, 9.17) is 0 Å². The first kappa shape index (κ1) is 17.3. The molecule has 3 N–H and O–H groups in total. The number of pyridine rings is 1. The predicted molar refractivity (Wildman–Crippen MR) is 99.3 cm³/mol. The number of hydrogen-bond acceptors (Lipinski definition) is 7. The minimum atomic E-state index is -0.171. The highest BCUT2D eigenvalue weighted by molar-refractivity contribution is 5.94. The highest BCUT2D eigenvalue weighted by Gasteiger charge is 2.06. The summed E-state index contributed by atoms with van der Waals surface area (Å²) >= 11 is 0. The predicted octanol–water partition coefficient (Wildman–Crippen LogP) is 1.27. The first-order valence-corrected chi connectivity index (χ1v) is 8.17. The van der Waals surface area contributed by atoms with Gasteiger partial charge in [-0.1, -0.05) is 6.08 Å². The summed E-state index contributed by atoms with van der Waals surface area (Å²) in [5.74, 6) is 1.92. The van der Waals surface area contributed by atoms with Crippen molar-refractivity contribution in [3.8, 4) is 0 Å². The number of aromatic nitrogens is 5. The van der Waals surface area contributed by atoms with Crippen molar-refractivity contribution in [3.05, 3.63) is 54.6 Å². The van der Waals surface area contributed by atoms with Gasteiger partial charge in [-0.05, 0) is 19.1 Å². The number of aryl methyl sites for hydroxylation is 1. The van der Waals surface area contributed by atoms with E-state index in [9.17, 15) is 4.79 Å². The maximum atomic E-state index is 11.8. The van der Waals surface area contributed by atoms with Crippen LogP contribution >= 0.6 is 0 Å². The number of hydrogen-bond donors (Lipinski definition) is 3. The Bertz CT molecular complexity index is 903. The summed E-state index contributed by atoms with van der Waals surface area (Å²) < 4.78 is 1.65. The fraction of sp³-hybridized carbons (Fsp3) is 0.235. The molecule has 0 bridgehead atoms. The third-order valence-electron chi connectivity index (χ3n) is 3.55. The molecule has 0 aliphatic rings. The normalized spacial score (nSPS) is 10.5. The topological polar surface area (TPSA) is 109 Å². The van der Waals surface area contributed by atoms with E-state index in [1.165, 1.54) is 6.33 Å². The monoisotopic (exact) mass is 352 g/mol. The number of nitrogens with zero attached hydrogens (tertiary/aromatic N) is 5. The van der Waals surface area contributed by atoms with E-state index in [0.29, 0.717) is 36.8 Å². The van der Waals surface area contributed by atoms with Gasteiger partial charge in [0.05, 0.1) is 5.56 Å². The highest BCUT2D eigenvalue weighted by atomic mass is 16.1. The summed E-state index contributed by atoms with van der Waals surface area (Å²) in [6.07, 6.45) is 4.65. The number of anilines is 2. The minimum absolute atomic E-state index is 0.171. The Labute approximate surface area is 150 Å². The lowest BCUT2D eigenvalue weighted by molar-refractivity contribution is 0.0957. The smallest absolute Gasteiger partial charge is 0.254 e. The molecule has 0 aromatic carbocycles. The van der Waals surface area contributed by atoms with Crippen molar-refractivity contribution in [2.45, 2.75) is 6.92 Å². The minimum Gasteiger partial charge on any atom is -0.368 e. The molecule has 0 aliphatic carbocycles. The zero-order valence-corrected chi connectivity index (χ0v) is 14.4. The van der Waals surface area contributed by atoms with Crippen LogP contribution in [0.4, 0.5) is 11.6 Å². The van der Waals surface area contributed by atoms with Gasteiger partial charge in [0.1, 0.15) is 18.0 Å². The molecule has 0 atom stereocenters. The molecule has 0 saturated carbocycles. The Hall–Kier alpha value is -3.49. The van der Waals surface area contributed by atoms with Crippen LogP contribution in [0, 0.1) is 6.92 Å². The van der Waals surface area contributed by atoms with E-state index < -0.39 is 0 Å². The molecule has 1 amide bonds. The fourth-order valence-electron chi connectivity index (χ4n) is 2.34. The van der Waals surface area contributed by atoms with Crippen molar-refractivity contribution in [1.82, 2.24) is 29.9 Å². The number of rotatable bonds is 8. The maximum absolute atomic E-state index is 11.8. The Kier molecular flexibility index (Phi) is 5.37. The van der Waals surface area contributed by atoms with Gasteiger partial charge >= 0.3 is 0 Å². The Morgan fingerprint density at radius 3 is 2.88 bits per heavy atom. The quantitative estimate of drug-likeness (QED) is 0.414. The van der Waals surface area contributed by atoms with Crippen LogP contribution in [0.2, 0.25) is 0 Å². The standard InChI is InChI=1S/C17H20N8O/c1-3-6-20-16(26)13-4-5-14(21-10-13)18-7-8-19-15-9-12(2)24-17-22-11-23-25(15)17/h3-5,9-11,19H,1,6-8H2,2H3,(H,18,21)(H,20,26). The van der Waals surface area contributed by atoms with E-state index in [0.717, 1.165) is 11.5 Å². The molecule has 9 nitrogen and oxygen atoms in total. The molecule has 26 heavy (non-hydrogen) atoms. The third kappa shape index (κ3) is 4.12. The number of nitrogens with one attached hydrogen (secondary N) is 3. The largest absolute Gasteiger partial charge is 0.368 e. The van der Waals surface area contributed by atoms with Crippen molar-refractivity contribution in [3.63, 3.8) is 0 Å². The lowest BCUT2D eigenvalue weighted by atomic mass is 10.2. The van der Waals surface area contributed by atoms with E-state index in [-0.39, 0.29) is 5.91 Å². The molecule has 3 rings (SSSR count). The SMILES string of the molecule is C=CCNC(=O)c1ccc(NCCNc2cc(C)nc3ncnn23)nc1. The number of amides is 1. The molecular weight excluding hydrogens is 332 g/mol. The van der Waals surface area contributed by atoms with Crippen molar-refractivity contribution in [2.75, 3.05) is 30.3 Å². The first-order chi connectivity index (χ1) is 12.7. The van der Waals surface area contributed by atoms with Crippen molar-refractivity contribution in [1.29, 1.82) is 0 Å².